The summed E-state index contributed by atoms with van der Waals surface area (Å²) < 4.78 is 47.6. The average molecular weight is 384 g/mol. The molecule has 10 heteroatoms. The van der Waals surface area contributed by atoms with Crippen LogP contribution in [0.1, 0.15) is 25.5 Å². The number of halogens is 3. The van der Waals surface area contributed by atoms with Crippen LogP contribution < -0.4 is 9.47 Å². The Labute approximate surface area is 154 Å². The summed E-state index contributed by atoms with van der Waals surface area (Å²) in [6.07, 6.45) is -4.19. The summed E-state index contributed by atoms with van der Waals surface area (Å²) in [6.45, 7) is 4.38. The van der Waals surface area contributed by atoms with Crippen LogP contribution in [0.25, 0.3) is 0 Å². The highest BCUT2D eigenvalue weighted by Crippen LogP contribution is 2.45. The first-order valence-corrected chi connectivity index (χ1v) is 8.25. The minimum Gasteiger partial charge on any atom is -0.485 e. The van der Waals surface area contributed by atoms with E-state index in [1.807, 2.05) is 0 Å². The number of fused-ring (bicyclic) bond motifs is 1. The molecule has 1 aromatic carbocycles. The maximum Gasteiger partial charge on any atom is 0.573 e. The van der Waals surface area contributed by atoms with Gasteiger partial charge in [0.1, 0.15) is 23.2 Å². The van der Waals surface area contributed by atoms with E-state index in [-0.39, 0.29) is 0 Å². The molecule has 0 spiro atoms. The molecule has 1 saturated heterocycles. The molecule has 3 rings (SSSR count). The molecular formula is C17H19F3N4O3. The maximum atomic E-state index is 12.6. The predicted octanol–water partition coefficient (Wildman–Crippen LogP) is 2.24. The van der Waals surface area contributed by atoms with E-state index in [0.717, 1.165) is 6.07 Å². The average Bonchev–Trinajstić information content (AvgIpc) is 2.89. The highest BCUT2D eigenvalue weighted by Gasteiger charge is 2.48. The van der Waals surface area contributed by atoms with Crippen LogP contribution in [0.4, 0.5) is 13.2 Å². The number of ether oxygens (including phenoxy) is 2. The molecule has 0 bridgehead atoms. The molecule has 27 heavy (non-hydrogen) atoms. The lowest BCUT2D eigenvalue weighted by Gasteiger charge is -2.45. The first-order valence-electron chi connectivity index (χ1n) is 8.25. The molecule has 2 atom stereocenters. The first kappa shape index (κ1) is 19.1. The summed E-state index contributed by atoms with van der Waals surface area (Å²) in [7, 11) is 1.75. The van der Waals surface area contributed by atoms with Crippen molar-refractivity contribution in [3.63, 3.8) is 0 Å². The Morgan fingerprint density at radius 3 is 2.70 bits per heavy atom. The summed E-state index contributed by atoms with van der Waals surface area (Å²) >= 11 is 0. The van der Waals surface area contributed by atoms with Crippen molar-refractivity contribution < 1.29 is 27.8 Å². The number of aliphatic hydroxyl groups excluding tert-OH is 1. The van der Waals surface area contributed by atoms with Crippen LogP contribution in [0.2, 0.25) is 0 Å². The minimum absolute atomic E-state index is 0.338. The van der Waals surface area contributed by atoms with Crippen LogP contribution in [0.15, 0.2) is 23.2 Å². The molecule has 7 nitrogen and oxygen atoms in total. The van der Waals surface area contributed by atoms with Crippen LogP contribution in [0, 0.1) is 11.5 Å². The number of guanidine groups is 1. The topological polar surface area (TPSA) is 81.3 Å². The predicted molar refractivity (Wildman–Crippen MR) is 89.0 cm³/mol. The lowest BCUT2D eigenvalue weighted by Crippen LogP contribution is -2.54. The Morgan fingerprint density at radius 2 is 2.07 bits per heavy atom. The quantitative estimate of drug-likeness (QED) is 0.788. The van der Waals surface area contributed by atoms with Crippen molar-refractivity contribution in [2.24, 2.45) is 4.99 Å². The summed E-state index contributed by atoms with van der Waals surface area (Å²) in [5, 5.41) is 19.9. The fourth-order valence-corrected chi connectivity index (χ4v) is 3.41. The molecule has 2 heterocycles. The second-order valence-electron chi connectivity index (χ2n) is 6.97. The van der Waals surface area contributed by atoms with Crippen LogP contribution in [-0.2, 0) is 0 Å². The van der Waals surface area contributed by atoms with Crippen molar-refractivity contribution in [2.45, 2.75) is 38.0 Å². The third-order valence-corrected chi connectivity index (χ3v) is 4.68. The van der Waals surface area contributed by atoms with Gasteiger partial charge in [-0.05, 0) is 32.0 Å². The maximum absolute atomic E-state index is 12.6. The van der Waals surface area contributed by atoms with Gasteiger partial charge in [0.25, 0.3) is 0 Å². The van der Waals surface area contributed by atoms with Gasteiger partial charge in [-0.25, -0.2) is 0 Å². The molecule has 1 aromatic rings. The molecule has 2 aliphatic rings. The van der Waals surface area contributed by atoms with Gasteiger partial charge in [-0.3, -0.25) is 0 Å². The highest BCUT2D eigenvalue weighted by molar-refractivity contribution is 5.83. The Morgan fingerprint density at radius 1 is 1.37 bits per heavy atom. The van der Waals surface area contributed by atoms with E-state index in [1.165, 1.54) is 12.1 Å². The normalized spacial score (nSPS) is 25.8. The van der Waals surface area contributed by atoms with Gasteiger partial charge in [-0.2, -0.15) is 5.26 Å². The molecule has 0 aromatic heterocycles. The molecular weight excluding hydrogens is 365 g/mol. The minimum atomic E-state index is -4.83. The van der Waals surface area contributed by atoms with Crippen molar-refractivity contribution in [2.75, 3.05) is 20.1 Å². The number of aliphatic hydroxyl groups is 1. The molecule has 0 aliphatic carbocycles. The number of benzene rings is 1. The molecule has 0 amide bonds. The number of nitrogens with zero attached hydrogens (tertiary/aromatic N) is 4. The monoisotopic (exact) mass is 384 g/mol. The van der Waals surface area contributed by atoms with E-state index in [4.69, 9.17) is 10.00 Å². The van der Waals surface area contributed by atoms with Gasteiger partial charge in [0.15, 0.2) is 0 Å². The second-order valence-corrected chi connectivity index (χ2v) is 6.97. The van der Waals surface area contributed by atoms with Crippen LogP contribution in [-0.4, -0.2) is 59.1 Å². The van der Waals surface area contributed by atoms with Gasteiger partial charge < -0.3 is 24.4 Å². The van der Waals surface area contributed by atoms with Gasteiger partial charge in [0.2, 0.25) is 12.2 Å². The standard InChI is InChI=1S/C17H19F3N4O3/c1-16(2)14(25)13(24-7-6-23(3)15(24)22-9-21)11-8-10(26-17(18,19)20)4-5-12(11)27-16/h4-5,8,13-14,25H,6-7H2,1-3H3/t13-,14+/m0/s1. The lowest BCUT2D eigenvalue weighted by molar-refractivity contribution is -0.274. The molecule has 1 N–H and O–H groups in total. The van der Waals surface area contributed by atoms with Crippen LogP contribution in [0.3, 0.4) is 0 Å². The number of hydrogen-bond donors (Lipinski definition) is 1. The Hall–Kier alpha value is -2.67. The van der Waals surface area contributed by atoms with Gasteiger partial charge in [0, 0.05) is 25.7 Å². The van der Waals surface area contributed by atoms with Crippen LogP contribution in [0.5, 0.6) is 11.5 Å². The van der Waals surface area contributed by atoms with E-state index < -0.39 is 29.9 Å². The fourth-order valence-electron chi connectivity index (χ4n) is 3.41. The third kappa shape index (κ3) is 3.60. The largest absolute Gasteiger partial charge is 0.573 e. The third-order valence-electron chi connectivity index (χ3n) is 4.68. The number of hydrogen-bond acceptors (Lipinski definition) is 5. The molecule has 1 fully saturated rings. The zero-order valence-corrected chi connectivity index (χ0v) is 15.0. The van der Waals surface area contributed by atoms with E-state index in [0.29, 0.717) is 30.4 Å². The summed E-state index contributed by atoms with van der Waals surface area (Å²) in [4.78, 5) is 7.26. The lowest BCUT2D eigenvalue weighted by atomic mass is 9.85. The van der Waals surface area contributed by atoms with Crippen molar-refractivity contribution in [3.05, 3.63) is 23.8 Å². The van der Waals surface area contributed by atoms with Crippen LogP contribution >= 0.6 is 0 Å². The number of likely N-dealkylation sites (N-methyl/N-ethyl adjacent to an activating group) is 1. The molecule has 0 unspecified atom stereocenters. The summed E-state index contributed by atoms with van der Waals surface area (Å²) in [6, 6.07) is 3.00. The number of aliphatic imine (C=N–C) groups is 1. The van der Waals surface area contributed by atoms with Crippen molar-refractivity contribution in [3.8, 4) is 17.7 Å². The summed E-state index contributed by atoms with van der Waals surface area (Å²) in [5.41, 5.74) is -0.660. The molecule has 0 saturated carbocycles. The van der Waals surface area contributed by atoms with E-state index in [1.54, 1.807) is 36.9 Å². The molecule has 2 aliphatic heterocycles. The van der Waals surface area contributed by atoms with Gasteiger partial charge >= 0.3 is 6.36 Å². The summed E-state index contributed by atoms with van der Waals surface area (Å²) in [5.74, 6) is 0.274. The van der Waals surface area contributed by atoms with Crippen molar-refractivity contribution in [1.29, 1.82) is 5.26 Å². The number of nitriles is 1. The Balaban J connectivity index is 2.09. The van der Waals surface area contributed by atoms with E-state index in [2.05, 4.69) is 9.73 Å². The smallest absolute Gasteiger partial charge is 0.485 e. The van der Waals surface area contributed by atoms with Gasteiger partial charge in [-0.1, -0.05) is 0 Å². The number of rotatable bonds is 2. The Bertz CT molecular complexity index is 804. The van der Waals surface area contributed by atoms with Crippen molar-refractivity contribution >= 4 is 5.96 Å². The fraction of sp³-hybridized carbons (Fsp3) is 0.529. The van der Waals surface area contributed by atoms with Gasteiger partial charge in [0.05, 0.1) is 6.04 Å². The van der Waals surface area contributed by atoms with E-state index >= 15 is 0 Å². The molecule has 146 valence electrons. The zero-order chi connectivity index (χ0) is 20.0. The van der Waals surface area contributed by atoms with Gasteiger partial charge in [-0.15, -0.1) is 18.2 Å². The van der Waals surface area contributed by atoms with Crippen molar-refractivity contribution in [1.82, 2.24) is 9.80 Å². The van der Waals surface area contributed by atoms with E-state index in [9.17, 15) is 18.3 Å². The zero-order valence-electron chi connectivity index (χ0n) is 15.0. The first-order chi connectivity index (χ1) is 12.5. The molecule has 0 radical (unpaired) electrons. The SMILES string of the molecule is CN1CCN([C@H]2c3cc(OC(F)(F)F)ccc3OC(C)(C)[C@@H]2O)C1=NC#N. The highest BCUT2D eigenvalue weighted by atomic mass is 19.4. The number of alkyl halides is 3. The Kier molecular flexibility index (Phi) is 4.59. The second kappa shape index (κ2) is 6.49.